The Morgan fingerprint density at radius 2 is 1.37 bits per heavy atom. The predicted octanol–water partition coefficient (Wildman–Crippen LogP) is 6.87. The molecule has 2 fully saturated rings. The summed E-state index contributed by atoms with van der Waals surface area (Å²) >= 11 is 10.9. The molecule has 0 spiro atoms. The van der Waals surface area contributed by atoms with Gasteiger partial charge in [0, 0.05) is 17.5 Å². The molecule has 2 aliphatic rings. The Balaban J connectivity index is 1.09. The van der Waals surface area contributed by atoms with Gasteiger partial charge in [-0.25, -0.2) is 34.3 Å². The molecule has 6 heterocycles. The van der Waals surface area contributed by atoms with Crippen LogP contribution in [-0.2, 0) is 55.6 Å². The first-order valence-electron chi connectivity index (χ1n) is 22.1. The lowest BCUT2D eigenvalue weighted by molar-refractivity contribution is -0.0516. The molecule has 0 bridgehead atoms. The number of fused-ring (bicyclic) bond motifs is 2. The first-order valence-corrected chi connectivity index (χ1v) is 30.2. The number of halogens is 1. The smallest absolute Gasteiger partial charge is 0.327 e. The predicted molar refractivity (Wildman–Crippen MR) is 265 cm³/mol. The van der Waals surface area contributed by atoms with E-state index in [9.17, 15) is 24.6 Å². The van der Waals surface area contributed by atoms with E-state index in [2.05, 4.69) is 40.5 Å². The largest absolute Gasteiger partial charge is 0.408 e. The summed E-state index contributed by atoms with van der Waals surface area (Å²) in [4.78, 5) is 72.9. The average Bonchev–Trinajstić information content (AvgIpc) is 4.12. The Labute approximate surface area is 417 Å². The fourth-order valence-electron chi connectivity index (χ4n) is 7.48. The number of benzene rings is 2. The van der Waals surface area contributed by atoms with Gasteiger partial charge in [0.15, 0.2) is 54.7 Å². The van der Waals surface area contributed by atoms with Crippen LogP contribution in [0, 0.1) is 11.3 Å². The molecule has 1 unspecified atom stereocenters. The lowest BCUT2D eigenvalue weighted by Gasteiger charge is -2.41. The highest BCUT2D eigenvalue weighted by molar-refractivity contribution is 8.07. The van der Waals surface area contributed by atoms with Crippen molar-refractivity contribution in [1.82, 2.24) is 39.0 Å². The Bertz CT molecular complexity index is 3020. The Hall–Kier alpha value is -4.94. The lowest BCUT2D eigenvalue weighted by Crippen LogP contribution is -2.50. The number of hydrogen-bond acceptors (Lipinski definition) is 18. The van der Waals surface area contributed by atoms with Crippen LogP contribution in [-0.4, -0.2) is 119 Å². The topological polar surface area (TPSA) is 274 Å². The zero-order chi connectivity index (χ0) is 50.7. The van der Waals surface area contributed by atoms with E-state index in [1.807, 2.05) is 39.9 Å². The number of amides is 2. The molecule has 8 atom stereocenters. The van der Waals surface area contributed by atoms with Gasteiger partial charge < -0.3 is 47.9 Å². The van der Waals surface area contributed by atoms with E-state index < -0.39 is 83.2 Å². The Morgan fingerprint density at radius 3 is 1.89 bits per heavy atom. The summed E-state index contributed by atoms with van der Waals surface area (Å²) < 4.78 is 63.6. The molecule has 28 heteroatoms. The van der Waals surface area contributed by atoms with Crippen molar-refractivity contribution in [3.8, 4) is 6.07 Å². The Morgan fingerprint density at radius 1 is 0.817 bits per heavy atom. The maximum atomic E-state index is 16.1. The standard InChI is InChI=1S/C43H50FN11O11P2S2Si/c1-43(2,3)71(4,5)66-33-30(21-61-67(58,59)69)64-42(55-25-51-32-36(47-23-49-38(32)55)53-40(57)27-15-10-7-11-16-27)34(33)65-68(70,60-18-12-17-45)62-20-28-19-29(44)41(63-28)54-24-50-31-35(46-22-48-37(31)54)52-39(56)26-13-8-6-9-14-26/h6-11,13-16,22-25,28-30,33-34,41-42H,12,18-21H2,1-5H3,(H2,58,59,69)(H,46,48,52,56)(H,47,49,53,57)/t28-,29+,30+,33+,34+,41+,42+,68?/m0/s1. The van der Waals surface area contributed by atoms with Crippen LogP contribution in [0.5, 0.6) is 0 Å². The van der Waals surface area contributed by atoms with Crippen LogP contribution in [0.4, 0.5) is 16.0 Å². The number of ether oxygens (including phenoxy) is 2. The number of anilines is 2. The molecule has 8 rings (SSSR count). The summed E-state index contributed by atoms with van der Waals surface area (Å²) in [6.07, 6.45) is -3.53. The molecule has 0 aliphatic carbocycles. The highest BCUT2D eigenvalue weighted by Gasteiger charge is 2.54. The number of carbonyl (C=O) groups excluding carboxylic acids is 2. The molecule has 0 saturated carbocycles. The van der Waals surface area contributed by atoms with Gasteiger partial charge >= 0.3 is 13.4 Å². The van der Waals surface area contributed by atoms with Crippen LogP contribution in [0.15, 0.2) is 86.0 Å². The lowest BCUT2D eigenvalue weighted by atomic mass is 10.1. The molecular formula is C43H50FN11O11P2S2Si. The van der Waals surface area contributed by atoms with Gasteiger partial charge in [0.05, 0.1) is 51.1 Å². The number of hydrogen-bond donors (Lipinski definition) is 4. The van der Waals surface area contributed by atoms with Gasteiger partial charge in [-0.15, -0.1) is 0 Å². The first kappa shape index (κ1) is 52.4. The van der Waals surface area contributed by atoms with Gasteiger partial charge in [-0.3, -0.25) is 23.2 Å². The van der Waals surface area contributed by atoms with E-state index in [0.717, 1.165) is 0 Å². The number of aromatic nitrogens is 8. The van der Waals surface area contributed by atoms with E-state index in [0.29, 0.717) is 11.1 Å². The number of nitriles is 1. The van der Waals surface area contributed by atoms with Crippen molar-refractivity contribution in [2.24, 2.45) is 0 Å². The van der Waals surface area contributed by atoms with Crippen molar-refractivity contribution in [2.75, 3.05) is 30.5 Å². The maximum Gasteiger partial charge on any atom is 0.327 e. The van der Waals surface area contributed by atoms with E-state index in [-0.39, 0.29) is 65.1 Å². The molecule has 2 aliphatic heterocycles. The van der Waals surface area contributed by atoms with E-state index >= 15 is 4.39 Å². The normalized spacial score (nSPS) is 22.6. The molecule has 2 aromatic carbocycles. The number of nitrogens with zero attached hydrogens (tertiary/aromatic N) is 9. The number of rotatable bonds is 19. The maximum absolute atomic E-state index is 16.1. The van der Waals surface area contributed by atoms with E-state index in [1.54, 1.807) is 60.7 Å². The third kappa shape index (κ3) is 12.1. The first-order chi connectivity index (χ1) is 33.7. The van der Waals surface area contributed by atoms with Crippen molar-refractivity contribution in [3.63, 3.8) is 0 Å². The van der Waals surface area contributed by atoms with Crippen molar-refractivity contribution in [2.45, 2.75) is 94.8 Å². The van der Waals surface area contributed by atoms with Crippen LogP contribution in [0.3, 0.4) is 0 Å². The van der Waals surface area contributed by atoms with Crippen LogP contribution >= 0.6 is 13.4 Å². The van der Waals surface area contributed by atoms with Crippen molar-refractivity contribution in [3.05, 3.63) is 97.1 Å². The minimum atomic E-state index is -4.24. The fourth-order valence-corrected chi connectivity index (χ4v) is 11.4. The SMILES string of the molecule is CC(C)(C)[Si](C)(C)O[C@H]1[C@@H](OP(=S)(OCCC#N)OC[C@@H]2C[C@@H](F)[C@H](n3cnc4c(NC(=O)c5ccccc5)ncnc43)O2)[C@H](n2cnc3c(NC(=O)c4ccccc4)ncnc32)O[C@@H]1COP(O)(O)=S. The van der Waals surface area contributed by atoms with Crippen molar-refractivity contribution in [1.29, 1.82) is 5.26 Å². The summed E-state index contributed by atoms with van der Waals surface area (Å²) in [6, 6.07) is 19.1. The minimum Gasteiger partial charge on any atom is -0.408 e. The molecule has 376 valence electrons. The summed E-state index contributed by atoms with van der Waals surface area (Å²) in [6.45, 7) is 0.742. The van der Waals surface area contributed by atoms with E-state index in [1.165, 1.54) is 34.4 Å². The number of alkyl halides is 1. The van der Waals surface area contributed by atoms with Crippen LogP contribution in [0.2, 0.25) is 18.1 Å². The van der Waals surface area contributed by atoms with Crippen molar-refractivity contribution < 1.29 is 55.8 Å². The molecule has 0 radical (unpaired) electrons. The summed E-state index contributed by atoms with van der Waals surface area (Å²) in [7, 11) is -2.79. The van der Waals surface area contributed by atoms with Gasteiger partial charge in [-0.05, 0) is 66.0 Å². The zero-order valence-corrected chi connectivity index (χ0v) is 43.3. The number of nitrogens with one attached hydrogen (secondary N) is 2. The summed E-state index contributed by atoms with van der Waals surface area (Å²) in [5.41, 5.74) is 1.54. The van der Waals surface area contributed by atoms with Crippen LogP contribution in [0.1, 0.15) is 66.8 Å². The quantitative estimate of drug-likeness (QED) is 0.0366. The second kappa shape index (κ2) is 21.6. The second-order valence-electron chi connectivity index (χ2n) is 17.9. The third-order valence-electron chi connectivity index (χ3n) is 12.0. The number of imidazole rings is 2. The molecule has 22 nitrogen and oxygen atoms in total. The molecule has 71 heavy (non-hydrogen) atoms. The Kier molecular flexibility index (Phi) is 16.0. The highest BCUT2D eigenvalue weighted by atomic mass is 32.5. The molecule has 4 aromatic heterocycles. The second-order valence-corrected chi connectivity index (χ2v) is 28.3. The molecule has 2 saturated heterocycles. The zero-order valence-electron chi connectivity index (χ0n) is 38.8. The van der Waals surface area contributed by atoms with Gasteiger partial charge in [-0.2, -0.15) is 5.26 Å². The van der Waals surface area contributed by atoms with Crippen molar-refractivity contribution >= 4 is 91.1 Å². The monoisotopic (exact) mass is 1070 g/mol. The molecule has 2 amide bonds. The molecule has 6 aromatic rings. The van der Waals surface area contributed by atoms with Crippen LogP contribution < -0.4 is 10.6 Å². The average molecular weight is 1070 g/mol. The minimum absolute atomic E-state index is 0.0917. The van der Waals surface area contributed by atoms with Gasteiger partial charge in [0.2, 0.25) is 0 Å². The number of carbonyl (C=O) groups is 2. The van der Waals surface area contributed by atoms with E-state index in [4.69, 9.17) is 55.6 Å². The molecule has 4 N–H and O–H groups in total. The van der Waals surface area contributed by atoms with Crippen LogP contribution in [0.25, 0.3) is 22.3 Å². The molecular weight excluding hydrogens is 1020 g/mol. The van der Waals surface area contributed by atoms with Gasteiger partial charge in [0.25, 0.3) is 11.8 Å². The highest BCUT2D eigenvalue weighted by Crippen LogP contribution is 2.56. The van der Waals surface area contributed by atoms with Gasteiger partial charge in [-0.1, -0.05) is 57.2 Å². The summed E-state index contributed by atoms with van der Waals surface area (Å²) in [5.74, 6) is -0.663. The summed E-state index contributed by atoms with van der Waals surface area (Å²) in [5, 5.41) is 14.7. The van der Waals surface area contributed by atoms with Gasteiger partial charge in [0.1, 0.15) is 37.1 Å². The third-order valence-corrected chi connectivity index (χ3v) is 19.6. The fraction of sp³-hybridized carbons (Fsp3) is 0.419.